The highest BCUT2D eigenvalue weighted by Gasteiger charge is 2.16. The van der Waals surface area contributed by atoms with E-state index in [2.05, 4.69) is 61.6 Å². The van der Waals surface area contributed by atoms with Crippen LogP contribution < -0.4 is 10.4 Å². The quantitative estimate of drug-likeness (QED) is 0.761. The van der Waals surface area contributed by atoms with Crippen LogP contribution >= 0.6 is 0 Å². The lowest BCUT2D eigenvalue weighted by atomic mass is 10.4. The summed E-state index contributed by atoms with van der Waals surface area (Å²) < 4.78 is 6.23. The monoisotopic (exact) mass is 256 g/mol. The van der Waals surface area contributed by atoms with Crippen LogP contribution in [0, 0.1) is 0 Å². The highest BCUT2D eigenvalue weighted by molar-refractivity contribution is 6.78. The standard InChI is InChI=1S/C14H16OSi2/c1-16(13-9-5-3-6-10-13)15-17(2)14-11-7-4-8-12-14/h3-12H,1-2H3. The van der Waals surface area contributed by atoms with E-state index in [-0.39, 0.29) is 0 Å². The Labute approximate surface area is 107 Å². The van der Waals surface area contributed by atoms with Crippen LogP contribution in [0.15, 0.2) is 60.7 Å². The van der Waals surface area contributed by atoms with Crippen molar-refractivity contribution in [3.63, 3.8) is 0 Å². The Kier molecular flexibility index (Phi) is 4.31. The Morgan fingerprint density at radius 1 is 0.647 bits per heavy atom. The molecule has 3 heteroatoms. The molecule has 0 aliphatic heterocycles. The van der Waals surface area contributed by atoms with Crippen molar-refractivity contribution < 1.29 is 4.12 Å². The average molecular weight is 256 g/mol. The molecule has 0 amide bonds. The molecule has 0 N–H and O–H groups in total. The van der Waals surface area contributed by atoms with Crippen LogP contribution in [0.4, 0.5) is 0 Å². The average Bonchev–Trinajstić information content (AvgIpc) is 2.40. The lowest BCUT2D eigenvalue weighted by molar-refractivity contribution is 0.621. The summed E-state index contributed by atoms with van der Waals surface area (Å²) in [6.07, 6.45) is 0. The van der Waals surface area contributed by atoms with E-state index in [1.165, 1.54) is 10.4 Å². The molecule has 2 aromatic carbocycles. The maximum atomic E-state index is 6.23. The largest absolute Gasteiger partial charge is 0.449 e. The van der Waals surface area contributed by atoms with Gasteiger partial charge in [-0.05, 0) is 23.5 Å². The van der Waals surface area contributed by atoms with Crippen LogP contribution in [0.3, 0.4) is 0 Å². The van der Waals surface area contributed by atoms with Gasteiger partial charge >= 0.3 is 0 Å². The summed E-state index contributed by atoms with van der Waals surface area (Å²) in [5, 5.41) is 2.69. The third kappa shape index (κ3) is 3.39. The fraction of sp³-hybridized carbons (Fsp3) is 0.143. The molecule has 0 atom stereocenters. The Balaban J connectivity index is 2.02. The predicted octanol–water partition coefficient (Wildman–Crippen LogP) is 2.06. The SMILES string of the molecule is C[Si](O[Si](C)c1ccccc1)c1ccccc1. The molecule has 17 heavy (non-hydrogen) atoms. The van der Waals surface area contributed by atoms with Gasteiger partial charge in [0.2, 0.25) is 18.1 Å². The van der Waals surface area contributed by atoms with Gasteiger partial charge in [-0.25, -0.2) is 0 Å². The Hall–Kier alpha value is -1.17. The van der Waals surface area contributed by atoms with Gasteiger partial charge in [0.05, 0.1) is 0 Å². The molecule has 2 rings (SSSR count). The van der Waals surface area contributed by atoms with Crippen molar-refractivity contribution in [3.8, 4) is 0 Å². The molecule has 0 saturated carbocycles. The second kappa shape index (κ2) is 5.95. The second-order valence-electron chi connectivity index (χ2n) is 3.95. The molecule has 0 aromatic heterocycles. The molecule has 1 nitrogen and oxygen atoms in total. The summed E-state index contributed by atoms with van der Waals surface area (Å²) in [5.41, 5.74) is 0. The first-order chi connectivity index (χ1) is 8.27. The predicted molar refractivity (Wildman–Crippen MR) is 76.5 cm³/mol. The molecule has 0 aliphatic carbocycles. The minimum Gasteiger partial charge on any atom is -0.449 e. The molecule has 0 unspecified atom stereocenters. The van der Waals surface area contributed by atoms with Crippen molar-refractivity contribution in [2.75, 3.05) is 0 Å². The van der Waals surface area contributed by atoms with E-state index in [1.807, 2.05) is 12.1 Å². The topological polar surface area (TPSA) is 9.23 Å². The first-order valence-corrected chi connectivity index (χ1v) is 9.55. The first-order valence-electron chi connectivity index (χ1n) is 5.73. The van der Waals surface area contributed by atoms with E-state index < -0.39 is 18.1 Å². The summed E-state index contributed by atoms with van der Waals surface area (Å²) >= 11 is 0. The second-order valence-corrected chi connectivity index (χ2v) is 8.14. The van der Waals surface area contributed by atoms with Crippen molar-refractivity contribution in [2.24, 2.45) is 0 Å². The normalized spacial score (nSPS) is 11.1. The lowest BCUT2D eigenvalue weighted by Gasteiger charge is -2.16. The number of hydrogen-bond donors (Lipinski definition) is 0. The fourth-order valence-electron chi connectivity index (χ4n) is 1.69. The maximum absolute atomic E-state index is 6.23. The molecule has 2 aromatic rings. The molecular formula is C14H16OSi2. The minimum atomic E-state index is -0.868. The summed E-state index contributed by atoms with van der Waals surface area (Å²) in [5.74, 6) is 0. The fourth-order valence-corrected chi connectivity index (χ4v) is 5.80. The van der Waals surface area contributed by atoms with E-state index in [0.29, 0.717) is 0 Å². The number of hydrogen-bond acceptors (Lipinski definition) is 1. The van der Waals surface area contributed by atoms with Gasteiger partial charge in [-0.1, -0.05) is 60.7 Å². The Morgan fingerprint density at radius 3 is 1.35 bits per heavy atom. The van der Waals surface area contributed by atoms with E-state index in [0.717, 1.165) is 0 Å². The Morgan fingerprint density at radius 2 is 1.00 bits per heavy atom. The van der Waals surface area contributed by atoms with Crippen molar-refractivity contribution in [2.45, 2.75) is 13.1 Å². The maximum Gasteiger partial charge on any atom is 0.231 e. The van der Waals surface area contributed by atoms with E-state index in [9.17, 15) is 0 Å². The summed E-state index contributed by atoms with van der Waals surface area (Å²) in [4.78, 5) is 0. The van der Waals surface area contributed by atoms with Gasteiger partial charge in [0.25, 0.3) is 0 Å². The van der Waals surface area contributed by atoms with Crippen LogP contribution in [0.25, 0.3) is 0 Å². The third-order valence-corrected chi connectivity index (χ3v) is 7.41. The van der Waals surface area contributed by atoms with Gasteiger partial charge in [0.15, 0.2) is 0 Å². The van der Waals surface area contributed by atoms with E-state index in [1.54, 1.807) is 0 Å². The van der Waals surface area contributed by atoms with Crippen molar-refractivity contribution in [1.82, 2.24) is 0 Å². The Bertz CT molecular complexity index is 401. The highest BCUT2D eigenvalue weighted by atomic mass is 28.4. The van der Waals surface area contributed by atoms with Gasteiger partial charge in [0, 0.05) is 0 Å². The third-order valence-electron chi connectivity index (χ3n) is 2.67. The molecule has 86 valence electrons. The van der Waals surface area contributed by atoms with Gasteiger partial charge in [-0.2, -0.15) is 0 Å². The molecule has 0 bridgehead atoms. The molecule has 0 heterocycles. The summed E-state index contributed by atoms with van der Waals surface area (Å²) in [6.45, 7) is 4.44. The van der Waals surface area contributed by atoms with Gasteiger partial charge in [-0.15, -0.1) is 0 Å². The molecule has 0 spiro atoms. The molecule has 0 saturated heterocycles. The lowest BCUT2D eigenvalue weighted by Crippen LogP contribution is -2.41. The summed E-state index contributed by atoms with van der Waals surface area (Å²) in [7, 11) is -1.74. The van der Waals surface area contributed by atoms with Crippen LogP contribution in [-0.4, -0.2) is 18.1 Å². The van der Waals surface area contributed by atoms with Crippen LogP contribution in [-0.2, 0) is 4.12 Å². The number of rotatable bonds is 4. The van der Waals surface area contributed by atoms with Crippen molar-refractivity contribution in [1.29, 1.82) is 0 Å². The van der Waals surface area contributed by atoms with Crippen LogP contribution in [0.5, 0.6) is 0 Å². The molecular weight excluding hydrogens is 240 g/mol. The summed E-state index contributed by atoms with van der Waals surface area (Å²) in [6, 6.07) is 21.1. The zero-order valence-electron chi connectivity index (χ0n) is 10.2. The number of benzene rings is 2. The van der Waals surface area contributed by atoms with E-state index in [4.69, 9.17) is 4.12 Å². The van der Waals surface area contributed by atoms with Crippen molar-refractivity contribution >= 4 is 28.5 Å². The van der Waals surface area contributed by atoms with Crippen LogP contribution in [0.1, 0.15) is 0 Å². The van der Waals surface area contributed by atoms with Gasteiger partial charge < -0.3 is 4.12 Å². The minimum absolute atomic E-state index is 0.868. The smallest absolute Gasteiger partial charge is 0.231 e. The zero-order chi connectivity index (χ0) is 12.1. The molecule has 2 radical (unpaired) electrons. The first kappa shape index (κ1) is 12.3. The van der Waals surface area contributed by atoms with Crippen LogP contribution in [0.2, 0.25) is 13.1 Å². The highest BCUT2D eigenvalue weighted by Crippen LogP contribution is 1.96. The van der Waals surface area contributed by atoms with Gasteiger partial charge in [-0.3, -0.25) is 0 Å². The molecule has 0 aliphatic rings. The molecule has 0 fully saturated rings. The zero-order valence-corrected chi connectivity index (χ0v) is 12.2. The van der Waals surface area contributed by atoms with Gasteiger partial charge in [0.1, 0.15) is 0 Å². The van der Waals surface area contributed by atoms with E-state index >= 15 is 0 Å². The van der Waals surface area contributed by atoms with Crippen molar-refractivity contribution in [3.05, 3.63) is 60.7 Å².